The van der Waals surface area contributed by atoms with Gasteiger partial charge in [0.2, 0.25) is 5.91 Å². The molecule has 1 saturated heterocycles. The number of ether oxygens (including phenoxy) is 1. The summed E-state index contributed by atoms with van der Waals surface area (Å²) in [6.07, 6.45) is -3.38. The highest BCUT2D eigenvalue weighted by Gasteiger charge is 2.37. The minimum atomic E-state index is -1.71. The monoisotopic (exact) mass is 388 g/mol. The number of aliphatic hydroxyl groups excluding tert-OH is 4. The fourth-order valence-electron chi connectivity index (χ4n) is 2.61. The summed E-state index contributed by atoms with van der Waals surface area (Å²) in [5.74, 6) is -1.24. The molecule has 0 aromatic heterocycles. The summed E-state index contributed by atoms with van der Waals surface area (Å²) >= 11 is 0. The van der Waals surface area contributed by atoms with E-state index in [1.165, 1.54) is 13.2 Å². The predicted molar refractivity (Wildman–Crippen MR) is 97.6 cm³/mol. The minimum absolute atomic E-state index is 0.104. The van der Waals surface area contributed by atoms with E-state index in [9.17, 15) is 30.0 Å². The molecule has 1 heterocycles. The van der Waals surface area contributed by atoms with E-state index in [1.54, 1.807) is 6.08 Å². The number of β-amino-alcohol motifs (C(OH)–C–C–N with tert-alkyl or cyclic N) is 1. The molecular weight excluding hydrogens is 356 g/mol. The number of aliphatic hydroxyl groups is 4. The largest absolute Gasteiger partial charge is 0.391 e. The van der Waals surface area contributed by atoms with Crippen molar-refractivity contribution in [3.63, 3.8) is 0 Å². The van der Waals surface area contributed by atoms with Crippen molar-refractivity contribution in [3.05, 3.63) is 12.2 Å². The Labute approximate surface area is 159 Å². The SMILES string of the molecule is CO[C@@H](C(=O)N[C@H]1CC[C@@H](O)CNC1=O)[C@H](O)[C@@H](O)[C@H](O)C=CC(C)(C)C. The predicted octanol–water partition coefficient (Wildman–Crippen LogP) is -1.56. The first-order valence-corrected chi connectivity index (χ1v) is 8.98. The van der Waals surface area contributed by atoms with Crippen LogP contribution in [0.15, 0.2) is 12.2 Å². The van der Waals surface area contributed by atoms with Gasteiger partial charge in [-0.05, 0) is 18.3 Å². The van der Waals surface area contributed by atoms with Crippen molar-refractivity contribution < 1.29 is 34.8 Å². The Morgan fingerprint density at radius 1 is 1.26 bits per heavy atom. The van der Waals surface area contributed by atoms with Crippen molar-refractivity contribution in [2.75, 3.05) is 13.7 Å². The Morgan fingerprint density at radius 2 is 1.89 bits per heavy atom. The molecule has 0 saturated carbocycles. The molecule has 6 atom stereocenters. The maximum atomic E-state index is 12.4. The van der Waals surface area contributed by atoms with Crippen LogP contribution in [-0.4, -0.2) is 82.5 Å². The van der Waals surface area contributed by atoms with E-state index < -0.39 is 48.4 Å². The van der Waals surface area contributed by atoms with Crippen LogP contribution in [0, 0.1) is 5.41 Å². The fraction of sp³-hybridized carbons (Fsp3) is 0.778. The van der Waals surface area contributed by atoms with Gasteiger partial charge in [-0.15, -0.1) is 0 Å². The van der Waals surface area contributed by atoms with Crippen LogP contribution in [-0.2, 0) is 14.3 Å². The molecule has 1 aliphatic rings. The molecule has 1 aliphatic heterocycles. The molecule has 0 spiro atoms. The molecule has 1 fully saturated rings. The highest BCUT2D eigenvalue weighted by molar-refractivity contribution is 5.89. The summed E-state index contributed by atoms with van der Waals surface area (Å²) in [7, 11) is 1.18. The first-order chi connectivity index (χ1) is 12.5. The van der Waals surface area contributed by atoms with E-state index in [4.69, 9.17) is 4.74 Å². The van der Waals surface area contributed by atoms with Crippen molar-refractivity contribution in [3.8, 4) is 0 Å². The minimum Gasteiger partial charge on any atom is -0.391 e. The lowest BCUT2D eigenvalue weighted by atomic mass is 9.94. The Morgan fingerprint density at radius 3 is 2.44 bits per heavy atom. The quantitative estimate of drug-likeness (QED) is 0.289. The maximum Gasteiger partial charge on any atom is 0.252 e. The standard InChI is InChI=1S/C18H32N2O7/c1-18(2,3)8-7-12(22)13(23)14(24)15(27-4)17(26)20-11-6-5-10(21)9-19-16(11)25/h7-8,10-15,21-24H,5-6,9H2,1-4H3,(H,19,25)(H,20,26)/t10-,11+,12-,13+,14-,15-/m1/s1. The summed E-state index contributed by atoms with van der Waals surface area (Å²) in [6, 6.07) is -0.887. The van der Waals surface area contributed by atoms with Gasteiger partial charge in [0.05, 0.1) is 6.10 Å². The molecule has 156 valence electrons. The second kappa shape index (κ2) is 10.1. The molecule has 9 nitrogen and oxygen atoms in total. The number of carbonyl (C=O) groups excluding carboxylic acids is 2. The number of hydrogen-bond acceptors (Lipinski definition) is 7. The average Bonchev–Trinajstić information content (AvgIpc) is 2.74. The Kier molecular flexibility index (Phi) is 8.83. The molecule has 0 bridgehead atoms. The molecule has 1 rings (SSSR count). The third-order valence-electron chi connectivity index (χ3n) is 4.25. The van der Waals surface area contributed by atoms with E-state index in [0.717, 1.165) is 0 Å². The summed E-state index contributed by atoms with van der Waals surface area (Å²) in [5, 5.41) is 45.0. The van der Waals surface area contributed by atoms with Crippen LogP contribution in [0.5, 0.6) is 0 Å². The zero-order valence-corrected chi connectivity index (χ0v) is 16.3. The van der Waals surface area contributed by atoms with E-state index in [2.05, 4.69) is 10.6 Å². The summed E-state index contributed by atoms with van der Waals surface area (Å²) in [4.78, 5) is 24.4. The van der Waals surface area contributed by atoms with Crippen LogP contribution in [0.4, 0.5) is 0 Å². The first-order valence-electron chi connectivity index (χ1n) is 8.98. The lowest BCUT2D eigenvalue weighted by Crippen LogP contribution is -2.55. The van der Waals surface area contributed by atoms with Crippen LogP contribution >= 0.6 is 0 Å². The van der Waals surface area contributed by atoms with E-state index >= 15 is 0 Å². The van der Waals surface area contributed by atoms with E-state index in [0.29, 0.717) is 6.42 Å². The van der Waals surface area contributed by atoms with Crippen molar-refractivity contribution in [2.24, 2.45) is 5.41 Å². The van der Waals surface area contributed by atoms with Gasteiger partial charge >= 0.3 is 0 Å². The summed E-state index contributed by atoms with van der Waals surface area (Å²) in [6.45, 7) is 5.81. The zero-order valence-electron chi connectivity index (χ0n) is 16.3. The smallest absolute Gasteiger partial charge is 0.252 e. The van der Waals surface area contributed by atoms with Crippen LogP contribution < -0.4 is 10.6 Å². The zero-order chi connectivity index (χ0) is 20.8. The molecule has 0 aromatic carbocycles. The lowest BCUT2D eigenvalue weighted by molar-refractivity contribution is -0.150. The van der Waals surface area contributed by atoms with Gasteiger partial charge in [0.25, 0.3) is 5.91 Å². The molecule has 0 aromatic rings. The Hall–Kier alpha value is -1.52. The van der Waals surface area contributed by atoms with Crippen LogP contribution in [0.25, 0.3) is 0 Å². The second-order valence-corrected chi connectivity index (χ2v) is 7.89. The number of methoxy groups -OCH3 is 1. The number of amides is 2. The van der Waals surface area contributed by atoms with Crippen LogP contribution in [0.3, 0.4) is 0 Å². The number of nitrogens with one attached hydrogen (secondary N) is 2. The Balaban J connectivity index is 2.75. The lowest BCUT2D eigenvalue weighted by Gasteiger charge is -2.28. The van der Waals surface area contributed by atoms with Crippen molar-refractivity contribution in [1.29, 1.82) is 0 Å². The van der Waals surface area contributed by atoms with Gasteiger partial charge in [-0.1, -0.05) is 32.9 Å². The van der Waals surface area contributed by atoms with Crippen LogP contribution in [0.2, 0.25) is 0 Å². The van der Waals surface area contributed by atoms with Gasteiger partial charge in [-0.3, -0.25) is 9.59 Å². The highest BCUT2D eigenvalue weighted by atomic mass is 16.5. The van der Waals surface area contributed by atoms with Gasteiger partial charge in [0.15, 0.2) is 6.10 Å². The maximum absolute atomic E-state index is 12.4. The normalized spacial score (nSPS) is 26.0. The van der Waals surface area contributed by atoms with E-state index in [1.807, 2.05) is 20.8 Å². The molecule has 2 amide bonds. The fourth-order valence-corrected chi connectivity index (χ4v) is 2.61. The van der Waals surface area contributed by atoms with Gasteiger partial charge in [-0.2, -0.15) is 0 Å². The number of allylic oxidation sites excluding steroid dienone is 1. The molecule has 0 unspecified atom stereocenters. The highest BCUT2D eigenvalue weighted by Crippen LogP contribution is 2.17. The second-order valence-electron chi connectivity index (χ2n) is 7.89. The molecule has 9 heteroatoms. The summed E-state index contributed by atoms with van der Waals surface area (Å²) < 4.78 is 4.98. The third-order valence-corrected chi connectivity index (χ3v) is 4.25. The van der Waals surface area contributed by atoms with Gasteiger partial charge in [0, 0.05) is 13.7 Å². The molecule has 0 aliphatic carbocycles. The number of hydrogen-bond donors (Lipinski definition) is 6. The van der Waals surface area contributed by atoms with Gasteiger partial charge in [-0.25, -0.2) is 0 Å². The van der Waals surface area contributed by atoms with E-state index in [-0.39, 0.29) is 18.4 Å². The number of rotatable bonds is 7. The topological polar surface area (TPSA) is 148 Å². The van der Waals surface area contributed by atoms with Crippen molar-refractivity contribution in [1.82, 2.24) is 10.6 Å². The molecule has 6 N–H and O–H groups in total. The van der Waals surface area contributed by atoms with Crippen molar-refractivity contribution >= 4 is 11.8 Å². The first kappa shape index (κ1) is 23.5. The number of carbonyl (C=O) groups is 2. The average molecular weight is 388 g/mol. The van der Waals surface area contributed by atoms with Crippen molar-refractivity contribution in [2.45, 2.75) is 70.2 Å². The molecular formula is C18H32N2O7. The summed E-state index contributed by atoms with van der Waals surface area (Å²) in [5.41, 5.74) is -0.235. The Bertz CT molecular complexity index is 532. The third kappa shape index (κ3) is 7.55. The molecule has 0 radical (unpaired) electrons. The molecule has 27 heavy (non-hydrogen) atoms. The van der Waals surface area contributed by atoms with Gasteiger partial charge < -0.3 is 35.8 Å². The van der Waals surface area contributed by atoms with Gasteiger partial charge in [0.1, 0.15) is 24.4 Å². The van der Waals surface area contributed by atoms with Crippen LogP contribution in [0.1, 0.15) is 33.6 Å².